The van der Waals surface area contributed by atoms with Crippen LogP contribution in [-0.2, 0) is 4.74 Å². The molecular weight excluding hydrogens is 206 g/mol. The maximum absolute atomic E-state index is 4.94. The molecule has 0 spiro atoms. The van der Waals surface area contributed by atoms with E-state index in [2.05, 4.69) is 20.3 Å². The zero-order chi connectivity index (χ0) is 11.2. The number of nitrogens with zero attached hydrogens (tertiary/aromatic N) is 4. The van der Waals surface area contributed by atoms with E-state index in [1.165, 1.54) is 0 Å². The van der Waals surface area contributed by atoms with Gasteiger partial charge in [0, 0.05) is 32.2 Å². The number of rotatable bonds is 5. The fourth-order valence-corrected chi connectivity index (χ4v) is 1.23. The van der Waals surface area contributed by atoms with Crippen LogP contribution in [0.1, 0.15) is 0 Å². The lowest BCUT2D eigenvalue weighted by Gasteiger charge is -2.06. The summed E-state index contributed by atoms with van der Waals surface area (Å²) in [5.74, 6) is 1.37. The molecule has 6 heteroatoms. The highest BCUT2D eigenvalue weighted by Crippen LogP contribution is 2.05. The molecule has 0 unspecified atom stereocenters. The number of nitrogens with one attached hydrogen (secondary N) is 1. The first kappa shape index (κ1) is 10.6. The van der Waals surface area contributed by atoms with E-state index in [1.807, 2.05) is 6.07 Å². The molecule has 0 atom stereocenters. The van der Waals surface area contributed by atoms with Gasteiger partial charge in [0.2, 0.25) is 5.95 Å². The summed E-state index contributed by atoms with van der Waals surface area (Å²) in [5.41, 5.74) is 0. The highest BCUT2D eigenvalue weighted by molar-refractivity contribution is 5.35. The summed E-state index contributed by atoms with van der Waals surface area (Å²) in [7, 11) is 1.67. The van der Waals surface area contributed by atoms with Crippen LogP contribution >= 0.6 is 0 Å². The van der Waals surface area contributed by atoms with Gasteiger partial charge < -0.3 is 10.1 Å². The van der Waals surface area contributed by atoms with Crippen molar-refractivity contribution in [2.45, 2.75) is 0 Å². The molecule has 0 amide bonds. The second-order valence-corrected chi connectivity index (χ2v) is 3.13. The fourth-order valence-electron chi connectivity index (χ4n) is 1.23. The fraction of sp³-hybridized carbons (Fsp3) is 0.300. The molecule has 0 saturated heterocycles. The third kappa shape index (κ3) is 2.54. The van der Waals surface area contributed by atoms with Crippen molar-refractivity contribution < 1.29 is 4.74 Å². The average molecular weight is 219 g/mol. The Kier molecular flexibility index (Phi) is 3.45. The Bertz CT molecular complexity index is 429. The Morgan fingerprint density at radius 2 is 2.38 bits per heavy atom. The molecule has 2 heterocycles. The Hall–Kier alpha value is -1.95. The molecule has 1 N–H and O–H groups in total. The van der Waals surface area contributed by atoms with Gasteiger partial charge in [-0.2, -0.15) is 4.98 Å². The highest BCUT2D eigenvalue weighted by atomic mass is 16.5. The number of aromatic nitrogens is 4. The summed E-state index contributed by atoms with van der Waals surface area (Å²) in [4.78, 5) is 12.4. The first-order valence-electron chi connectivity index (χ1n) is 4.94. The van der Waals surface area contributed by atoms with Gasteiger partial charge >= 0.3 is 0 Å². The minimum atomic E-state index is 0.597. The van der Waals surface area contributed by atoms with Crippen LogP contribution in [0.15, 0.2) is 31.0 Å². The van der Waals surface area contributed by atoms with E-state index in [4.69, 9.17) is 4.74 Å². The Morgan fingerprint density at radius 3 is 3.12 bits per heavy atom. The maximum atomic E-state index is 4.94. The van der Waals surface area contributed by atoms with Crippen LogP contribution < -0.4 is 5.32 Å². The van der Waals surface area contributed by atoms with Gasteiger partial charge in [0.05, 0.1) is 6.61 Å². The summed E-state index contributed by atoms with van der Waals surface area (Å²) in [6.45, 7) is 1.36. The van der Waals surface area contributed by atoms with E-state index in [0.29, 0.717) is 12.6 Å². The van der Waals surface area contributed by atoms with Crippen molar-refractivity contribution in [2.75, 3.05) is 25.6 Å². The summed E-state index contributed by atoms with van der Waals surface area (Å²) in [6.07, 6.45) is 6.86. The summed E-state index contributed by atoms with van der Waals surface area (Å²) >= 11 is 0. The molecule has 2 aromatic heterocycles. The maximum Gasteiger partial charge on any atom is 0.236 e. The molecule has 84 valence electrons. The van der Waals surface area contributed by atoms with E-state index >= 15 is 0 Å². The molecule has 0 saturated carbocycles. The number of imidazole rings is 1. The van der Waals surface area contributed by atoms with E-state index in [-0.39, 0.29) is 0 Å². The number of hydrogen-bond acceptors (Lipinski definition) is 5. The zero-order valence-corrected chi connectivity index (χ0v) is 9.00. The first-order valence-corrected chi connectivity index (χ1v) is 4.94. The smallest absolute Gasteiger partial charge is 0.236 e. The Morgan fingerprint density at radius 1 is 1.44 bits per heavy atom. The first-order chi connectivity index (χ1) is 7.90. The van der Waals surface area contributed by atoms with Gasteiger partial charge in [-0.25, -0.2) is 9.97 Å². The number of ether oxygens (including phenoxy) is 1. The van der Waals surface area contributed by atoms with Crippen molar-refractivity contribution >= 4 is 5.82 Å². The lowest BCUT2D eigenvalue weighted by Crippen LogP contribution is -2.10. The summed E-state index contributed by atoms with van der Waals surface area (Å²) in [6, 6.07) is 1.82. The second-order valence-electron chi connectivity index (χ2n) is 3.13. The standard InChI is InChI=1S/C10H13N5O/c1-16-7-5-12-9-2-3-13-10(14-9)15-6-4-11-8-15/h2-4,6,8H,5,7H2,1H3,(H,12,13,14). The molecule has 16 heavy (non-hydrogen) atoms. The largest absolute Gasteiger partial charge is 0.383 e. The molecule has 0 aliphatic carbocycles. The topological polar surface area (TPSA) is 64.9 Å². The molecule has 0 aliphatic heterocycles. The van der Waals surface area contributed by atoms with Gasteiger partial charge in [0.1, 0.15) is 12.1 Å². The van der Waals surface area contributed by atoms with Gasteiger partial charge in [-0.1, -0.05) is 0 Å². The van der Waals surface area contributed by atoms with Gasteiger partial charge in [-0.3, -0.25) is 4.57 Å². The van der Waals surface area contributed by atoms with Crippen LogP contribution in [0.25, 0.3) is 5.95 Å². The molecule has 0 bridgehead atoms. The Labute approximate surface area is 93.3 Å². The molecule has 2 aromatic rings. The third-order valence-corrected chi connectivity index (χ3v) is 1.99. The van der Waals surface area contributed by atoms with E-state index in [1.54, 1.807) is 36.6 Å². The van der Waals surface area contributed by atoms with Gasteiger partial charge in [-0.15, -0.1) is 0 Å². The molecular formula is C10H13N5O. The SMILES string of the molecule is COCCNc1ccnc(-n2ccnc2)n1. The van der Waals surface area contributed by atoms with Crippen LogP contribution in [0.2, 0.25) is 0 Å². The molecule has 0 aliphatic rings. The van der Waals surface area contributed by atoms with Crippen molar-refractivity contribution in [3.8, 4) is 5.95 Å². The quantitative estimate of drug-likeness (QED) is 0.751. The zero-order valence-electron chi connectivity index (χ0n) is 9.00. The monoisotopic (exact) mass is 219 g/mol. The Balaban J connectivity index is 2.08. The van der Waals surface area contributed by atoms with Gasteiger partial charge in [-0.05, 0) is 6.07 Å². The van der Waals surface area contributed by atoms with Crippen molar-refractivity contribution in [1.82, 2.24) is 19.5 Å². The van der Waals surface area contributed by atoms with E-state index in [0.717, 1.165) is 12.4 Å². The van der Waals surface area contributed by atoms with Gasteiger partial charge in [0.15, 0.2) is 0 Å². The van der Waals surface area contributed by atoms with Crippen molar-refractivity contribution in [3.63, 3.8) is 0 Å². The second kappa shape index (κ2) is 5.22. The lowest BCUT2D eigenvalue weighted by atomic mass is 10.5. The predicted octanol–water partition coefficient (Wildman–Crippen LogP) is 0.721. The van der Waals surface area contributed by atoms with Crippen molar-refractivity contribution in [1.29, 1.82) is 0 Å². The molecule has 2 rings (SSSR count). The molecule has 0 radical (unpaired) electrons. The van der Waals surface area contributed by atoms with Crippen molar-refractivity contribution in [3.05, 3.63) is 31.0 Å². The minimum Gasteiger partial charge on any atom is -0.383 e. The minimum absolute atomic E-state index is 0.597. The van der Waals surface area contributed by atoms with Crippen LogP contribution in [0.3, 0.4) is 0 Å². The molecule has 0 fully saturated rings. The number of methoxy groups -OCH3 is 1. The number of anilines is 1. The van der Waals surface area contributed by atoms with Crippen LogP contribution in [0.4, 0.5) is 5.82 Å². The van der Waals surface area contributed by atoms with Crippen LogP contribution in [-0.4, -0.2) is 39.8 Å². The summed E-state index contributed by atoms with van der Waals surface area (Å²) < 4.78 is 6.70. The van der Waals surface area contributed by atoms with Gasteiger partial charge in [0.25, 0.3) is 0 Å². The highest BCUT2D eigenvalue weighted by Gasteiger charge is 2.00. The van der Waals surface area contributed by atoms with Crippen LogP contribution in [0.5, 0.6) is 0 Å². The third-order valence-electron chi connectivity index (χ3n) is 1.99. The van der Waals surface area contributed by atoms with Crippen molar-refractivity contribution in [2.24, 2.45) is 0 Å². The van der Waals surface area contributed by atoms with Crippen LogP contribution in [0, 0.1) is 0 Å². The average Bonchev–Trinajstić information content (AvgIpc) is 2.83. The molecule has 6 nitrogen and oxygen atoms in total. The van der Waals surface area contributed by atoms with E-state index in [9.17, 15) is 0 Å². The summed E-state index contributed by atoms with van der Waals surface area (Å²) in [5, 5.41) is 3.14. The lowest BCUT2D eigenvalue weighted by molar-refractivity contribution is 0.210. The number of hydrogen-bond donors (Lipinski definition) is 1. The predicted molar refractivity (Wildman–Crippen MR) is 59.5 cm³/mol. The normalized spacial score (nSPS) is 10.3. The van der Waals surface area contributed by atoms with E-state index < -0.39 is 0 Å². The molecule has 0 aromatic carbocycles.